The van der Waals surface area contributed by atoms with Crippen molar-refractivity contribution in [2.24, 2.45) is 5.92 Å². The van der Waals surface area contributed by atoms with Crippen LogP contribution in [0, 0.1) is 5.92 Å². The van der Waals surface area contributed by atoms with Crippen LogP contribution in [0.5, 0.6) is 0 Å². The Labute approximate surface area is 131 Å². The molecule has 0 saturated heterocycles. The summed E-state index contributed by atoms with van der Waals surface area (Å²) in [4.78, 5) is 25.9. The maximum Gasteiger partial charge on any atom is 0.321 e. The third kappa shape index (κ3) is 3.57. The minimum absolute atomic E-state index is 0.0307. The Balaban J connectivity index is 2.12. The molecule has 1 aromatic carbocycles. The van der Waals surface area contributed by atoms with Gasteiger partial charge in [0.05, 0.1) is 5.69 Å². The van der Waals surface area contributed by atoms with Gasteiger partial charge in [-0.05, 0) is 38.1 Å². The first-order chi connectivity index (χ1) is 10.6. The minimum Gasteiger partial charge on any atom is -0.338 e. The highest BCUT2D eigenvalue weighted by molar-refractivity contribution is 5.97. The highest BCUT2D eigenvalue weighted by atomic mass is 16.2. The average Bonchev–Trinajstić information content (AvgIpc) is 2.91. The standard InChI is InChI=1S/C16H24N4O2/c1-4-18-16(22)20-8-7-12-5-6-13(9-14(12)20)19-15(21)11(2)10-17-3/h5-6,9,11,17H,4,7-8,10H2,1-3H3,(H,18,22)(H,19,21). The van der Waals surface area contributed by atoms with Crippen LogP contribution in [0.2, 0.25) is 0 Å². The molecule has 1 atom stereocenters. The third-order valence-corrected chi connectivity index (χ3v) is 3.78. The second-order valence-electron chi connectivity index (χ2n) is 5.53. The van der Waals surface area contributed by atoms with Crippen molar-refractivity contribution < 1.29 is 9.59 Å². The smallest absolute Gasteiger partial charge is 0.321 e. The van der Waals surface area contributed by atoms with Gasteiger partial charge in [-0.25, -0.2) is 4.79 Å². The van der Waals surface area contributed by atoms with Crippen LogP contribution in [0.15, 0.2) is 18.2 Å². The Hall–Kier alpha value is -2.08. The Morgan fingerprint density at radius 3 is 2.82 bits per heavy atom. The van der Waals surface area contributed by atoms with Crippen LogP contribution in [-0.2, 0) is 11.2 Å². The van der Waals surface area contributed by atoms with Gasteiger partial charge in [0.25, 0.3) is 0 Å². The predicted octanol–water partition coefficient (Wildman–Crippen LogP) is 1.57. The number of carbonyl (C=O) groups is 2. The largest absolute Gasteiger partial charge is 0.338 e. The van der Waals surface area contributed by atoms with E-state index in [1.54, 1.807) is 4.90 Å². The first kappa shape index (κ1) is 16.3. The van der Waals surface area contributed by atoms with Crippen molar-refractivity contribution >= 4 is 23.3 Å². The van der Waals surface area contributed by atoms with E-state index in [1.165, 1.54) is 0 Å². The Morgan fingerprint density at radius 2 is 2.14 bits per heavy atom. The van der Waals surface area contributed by atoms with E-state index in [9.17, 15) is 9.59 Å². The maximum atomic E-state index is 12.1. The summed E-state index contributed by atoms with van der Waals surface area (Å²) in [5.41, 5.74) is 2.74. The quantitative estimate of drug-likeness (QED) is 0.773. The Kier molecular flexibility index (Phi) is 5.38. The topological polar surface area (TPSA) is 73.5 Å². The zero-order chi connectivity index (χ0) is 16.1. The lowest BCUT2D eigenvalue weighted by Crippen LogP contribution is -2.38. The van der Waals surface area contributed by atoms with E-state index in [0.717, 1.165) is 23.4 Å². The fraction of sp³-hybridized carbons (Fsp3) is 0.500. The molecule has 0 aromatic heterocycles. The molecule has 1 heterocycles. The van der Waals surface area contributed by atoms with Gasteiger partial charge in [0, 0.05) is 31.2 Å². The SMILES string of the molecule is CCNC(=O)N1CCc2ccc(NC(=O)C(C)CNC)cc21. The number of benzene rings is 1. The molecule has 0 bridgehead atoms. The lowest BCUT2D eigenvalue weighted by molar-refractivity contribution is -0.119. The maximum absolute atomic E-state index is 12.1. The summed E-state index contributed by atoms with van der Waals surface area (Å²) in [6.45, 7) is 5.67. The molecular formula is C16H24N4O2. The molecule has 3 amide bonds. The molecule has 0 spiro atoms. The molecule has 1 unspecified atom stereocenters. The number of amides is 3. The minimum atomic E-state index is -0.113. The zero-order valence-corrected chi connectivity index (χ0v) is 13.4. The first-order valence-corrected chi connectivity index (χ1v) is 7.70. The molecule has 22 heavy (non-hydrogen) atoms. The van der Waals surface area contributed by atoms with Gasteiger partial charge in [0.1, 0.15) is 0 Å². The van der Waals surface area contributed by atoms with E-state index < -0.39 is 0 Å². The predicted molar refractivity (Wildman–Crippen MR) is 88.3 cm³/mol. The fourth-order valence-corrected chi connectivity index (χ4v) is 2.58. The van der Waals surface area contributed by atoms with Crippen LogP contribution in [0.3, 0.4) is 0 Å². The van der Waals surface area contributed by atoms with Gasteiger partial charge in [-0.1, -0.05) is 13.0 Å². The third-order valence-electron chi connectivity index (χ3n) is 3.78. The van der Waals surface area contributed by atoms with Gasteiger partial charge < -0.3 is 16.0 Å². The number of urea groups is 1. The number of nitrogens with one attached hydrogen (secondary N) is 3. The molecule has 1 aliphatic rings. The molecule has 0 aliphatic carbocycles. The average molecular weight is 304 g/mol. The highest BCUT2D eigenvalue weighted by Gasteiger charge is 2.24. The van der Waals surface area contributed by atoms with Crippen molar-refractivity contribution in [1.82, 2.24) is 10.6 Å². The second kappa shape index (κ2) is 7.26. The van der Waals surface area contributed by atoms with Crippen molar-refractivity contribution in [3.8, 4) is 0 Å². The number of fused-ring (bicyclic) bond motifs is 1. The van der Waals surface area contributed by atoms with E-state index in [1.807, 2.05) is 39.1 Å². The summed E-state index contributed by atoms with van der Waals surface area (Å²) >= 11 is 0. The second-order valence-corrected chi connectivity index (χ2v) is 5.53. The van der Waals surface area contributed by atoms with Gasteiger partial charge in [0.2, 0.25) is 5.91 Å². The fourth-order valence-electron chi connectivity index (χ4n) is 2.58. The van der Waals surface area contributed by atoms with Gasteiger partial charge in [-0.15, -0.1) is 0 Å². The number of carbonyl (C=O) groups excluding carboxylic acids is 2. The Bertz CT molecular complexity index is 559. The van der Waals surface area contributed by atoms with Crippen LogP contribution in [-0.4, -0.2) is 38.6 Å². The zero-order valence-electron chi connectivity index (χ0n) is 13.4. The molecule has 6 heteroatoms. The molecule has 0 saturated carbocycles. The summed E-state index contributed by atoms with van der Waals surface area (Å²) in [5.74, 6) is -0.144. The molecule has 0 fully saturated rings. The lowest BCUT2D eigenvalue weighted by Gasteiger charge is -2.18. The molecule has 0 radical (unpaired) electrons. The summed E-state index contributed by atoms with van der Waals surface area (Å²) in [5, 5.41) is 8.72. The summed E-state index contributed by atoms with van der Waals surface area (Å²) < 4.78 is 0. The molecule has 2 rings (SSSR count). The number of rotatable bonds is 5. The van der Waals surface area contributed by atoms with Gasteiger partial charge in [0.15, 0.2) is 0 Å². The van der Waals surface area contributed by atoms with Crippen LogP contribution >= 0.6 is 0 Å². The van der Waals surface area contributed by atoms with Gasteiger partial charge >= 0.3 is 6.03 Å². The van der Waals surface area contributed by atoms with Crippen molar-refractivity contribution in [1.29, 1.82) is 0 Å². The lowest BCUT2D eigenvalue weighted by atomic mass is 10.1. The molecule has 120 valence electrons. The Morgan fingerprint density at radius 1 is 1.36 bits per heavy atom. The number of hydrogen-bond donors (Lipinski definition) is 3. The van der Waals surface area contributed by atoms with Crippen LogP contribution in [0.25, 0.3) is 0 Å². The van der Waals surface area contributed by atoms with E-state index in [4.69, 9.17) is 0 Å². The molecule has 3 N–H and O–H groups in total. The normalized spacial score (nSPS) is 14.4. The van der Waals surface area contributed by atoms with E-state index >= 15 is 0 Å². The van der Waals surface area contributed by atoms with E-state index in [2.05, 4.69) is 16.0 Å². The first-order valence-electron chi connectivity index (χ1n) is 7.70. The number of hydrogen-bond acceptors (Lipinski definition) is 3. The van der Waals surface area contributed by atoms with Crippen LogP contribution < -0.4 is 20.9 Å². The highest BCUT2D eigenvalue weighted by Crippen LogP contribution is 2.31. The molecule has 1 aliphatic heterocycles. The number of anilines is 2. The van der Waals surface area contributed by atoms with Crippen molar-refractivity contribution in [2.45, 2.75) is 20.3 Å². The number of nitrogens with zero attached hydrogens (tertiary/aromatic N) is 1. The van der Waals surface area contributed by atoms with Crippen LogP contribution in [0.4, 0.5) is 16.2 Å². The summed E-state index contributed by atoms with van der Waals surface area (Å²) in [7, 11) is 1.82. The van der Waals surface area contributed by atoms with Crippen molar-refractivity contribution in [2.75, 3.05) is 36.9 Å². The van der Waals surface area contributed by atoms with E-state index in [-0.39, 0.29) is 17.9 Å². The molecule has 1 aromatic rings. The van der Waals surface area contributed by atoms with Crippen LogP contribution in [0.1, 0.15) is 19.4 Å². The van der Waals surface area contributed by atoms with E-state index in [0.29, 0.717) is 19.6 Å². The van der Waals surface area contributed by atoms with Gasteiger partial charge in [-0.3, -0.25) is 9.69 Å². The van der Waals surface area contributed by atoms with Crippen molar-refractivity contribution in [3.05, 3.63) is 23.8 Å². The molecule has 6 nitrogen and oxygen atoms in total. The molecular weight excluding hydrogens is 280 g/mol. The van der Waals surface area contributed by atoms with Gasteiger partial charge in [-0.2, -0.15) is 0 Å². The summed E-state index contributed by atoms with van der Waals surface area (Å²) in [6, 6.07) is 5.66. The summed E-state index contributed by atoms with van der Waals surface area (Å²) in [6.07, 6.45) is 0.844. The monoisotopic (exact) mass is 304 g/mol. The van der Waals surface area contributed by atoms with Crippen molar-refractivity contribution in [3.63, 3.8) is 0 Å².